The van der Waals surface area contributed by atoms with E-state index in [1.54, 1.807) is 6.92 Å². The smallest absolute Gasteiger partial charge is 0.326 e. The van der Waals surface area contributed by atoms with E-state index >= 15 is 0 Å². The lowest BCUT2D eigenvalue weighted by Gasteiger charge is -2.23. The maximum absolute atomic E-state index is 11.6. The molecule has 0 bridgehead atoms. The average molecular weight is 244 g/mol. The zero-order valence-electron chi connectivity index (χ0n) is 8.88. The van der Waals surface area contributed by atoms with Crippen molar-refractivity contribution in [2.45, 2.75) is 19.4 Å². The molecule has 0 aliphatic heterocycles. The molecule has 1 aromatic rings. The van der Waals surface area contributed by atoms with Crippen molar-refractivity contribution in [1.29, 1.82) is 0 Å². The van der Waals surface area contributed by atoms with Crippen LogP contribution in [0.3, 0.4) is 0 Å². The standard InChI is InChI=1S/C8H12N4O3S/c1-3-5(6(13)14)12(2)8(15)10-7-11-9-4-16-7/h4-5H,3H2,1-2H3,(H,13,14)(H,10,11,15). The van der Waals surface area contributed by atoms with E-state index in [-0.39, 0.29) is 0 Å². The number of amides is 2. The summed E-state index contributed by atoms with van der Waals surface area (Å²) in [5, 5.41) is 18.9. The summed E-state index contributed by atoms with van der Waals surface area (Å²) >= 11 is 1.17. The summed E-state index contributed by atoms with van der Waals surface area (Å²) in [6.45, 7) is 1.70. The van der Waals surface area contributed by atoms with Crippen LogP contribution >= 0.6 is 11.3 Å². The van der Waals surface area contributed by atoms with E-state index in [0.717, 1.165) is 4.90 Å². The summed E-state index contributed by atoms with van der Waals surface area (Å²) < 4.78 is 0. The van der Waals surface area contributed by atoms with E-state index < -0.39 is 18.0 Å². The molecule has 1 rings (SSSR count). The molecule has 0 radical (unpaired) electrons. The number of carbonyl (C=O) groups excluding carboxylic acids is 1. The van der Waals surface area contributed by atoms with E-state index in [1.165, 1.54) is 23.9 Å². The summed E-state index contributed by atoms with van der Waals surface area (Å²) in [5.74, 6) is -1.03. The molecule has 1 atom stereocenters. The van der Waals surface area contributed by atoms with Gasteiger partial charge in [0.05, 0.1) is 0 Å². The molecular weight excluding hydrogens is 232 g/mol. The second-order valence-electron chi connectivity index (χ2n) is 3.05. The molecule has 7 nitrogen and oxygen atoms in total. The van der Waals surface area contributed by atoms with Gasteiger partial charge in [0.15, 0.2) is 0 Å². The topological polar surface area (TPSA) is 95.4 Å². The molecule has 0 aliphatic rings. The van der Waals surface area contributed by atoms with Crippen molar-refractivity contribution in [3.63, 3.8) is 0 Å². The van der Waals surface area contributed by atoms with Gasteiger partial charge in [0.25, 0.3) is 0 Å². The number of carboxylic acids is 1. The van der Waals surface area contributed by atoms with Gasteiger partial charge in [0, 0.05) is 7.05 Å². The Morgan fingerprint density at radius 2 is 2.38 bits per heavy atom. The number of nitrogens with zero attached hydrogens (tertiary/aromatic N) is 3. The highest BCUT2D eigenvalue weighted by Gasteiger charge is 2.24. The molecule has 1 heterocycles. The molecule has 0 aliphatic carbocycles. The number of anilines is 1. The largest absolute Gasteiger partial charge is 0.480 e. The van der Waals surface area contributed by atoms with Gasteiger partial charge in [-0.3, -0.25) is 5.32 Å². The Labute approximate surface area is 96.1 Å². The summed E-state index contributed by atoms with van der Waals surface area (Å²) in [5.41, 5.74) is 1.48. The van der Waals surface area contributed by atoms with Crippen molar-refractivity contribution >= 4 is 28.5 Å². The molecule has 0 saturated heterocycles. The molecule has 0 saturated carbocycles. The molecule has 1 aromatic heterocycles. The van der Waals surface area contributed by atoms with Gasteiger partial charge < -0.3 is 10.0 Å². The summed E-state index contributed by atoms with van der Waals surface area (Å²) in [4.78, 5) is 23.6. The first-order chi connectivity index (χ1) is 7.56. The summed E-state index contributed by atoms with van der Waals surface area (Å²) in [6, 6.07) is -1.35. The summed E-state index contributed by atoms with van der Waals surface area (Å²) in [7, 11) is 1.43. The molecule has 16 heavy (non-hydrogen) atoms. The van der Waals surface area contributed by atoms with E-state index in [9.17, 15) is 9.59 Å². The number of nitrogens with one attached hydrogen (secondary N) is 1. The number of hydrogen-bond acceptors (Lipinski definition) is 5. The lowest BCUT2D eigenvalue weighted by Crippen LogP contribution is -2.44. The van der Waals surface area contributed by atoms with Gasteiger partial charge in [-0.05, 0) is 6.42 Å². The Hall–Kier alpha value is -1.70. The number of carbonyl (C=O) groups is 2. The maximum atomic E-state index is 11.6. The highest BCUT2D eigenvalue weighted by Crippen LogP contribution is 2.10. The highest BCUT2D eigenvalue weighted by atomic mass is 32.1. The molecule has 8 heteroatoms. The van der Waals surface area contributed by atoms with Crippen LogP contribution in [-0.2, 0) is 4.79 Å². The number of rotatable bonds is 4. The third-order valence-electron chi connectivity index (χ3n) is 2.03. The fraction of sp³-hybridized carbons (Fsp3) is 0.500. The Morgan fingerprint density at radius 1 is 1.69 bits per heavy atom. The second-order valence-corrected chi connectivity index (χ2v) is 3.88. The first-order valence-corrected chi connectivity index (χ1v) is 5.47. The van der Waals surface area contributed by atoms with Gasteiger partial charge >= 0.3 is 12.0 Å². The van der Waals surface area contributed by atoms with Crippen molar-refractivity contribution in [3.05, 3.63) is 5.51 Å². The number of carboxylic acid groups (broad SMARTS) is 1. The monoisotopic (exact) mass is 244 g/mol. The quantitative estimate of drug-likeness (QED) is 0.819. The van der Waals surface area contributed by atoms with Crippen LogP contribution in [0.2, 0.25) is 0 Å². The number of likely N-dealkylation sites (N-methyl/N-ethyl adjacent to an activating group) is 1. The Morgan fingerprint density at radius 3 is 2.81 bits per heavy atom. The molecule has 2 amide bonds. The van der Waals surface area contributed by atoms with Crippen molar-refractivity contribution in [1.82, 2.24) is 15.1 Å². The zero-order chi connectivity index (χ0) is 12.1. The lowest BCUT2D eigenvalue weighted by atomic mass is 10.2. The van der Waals surface area contributed by atoms with Gasteiger partial charge in [-0.25, -0.2) is 9.59 Å². The van der Waals surface area contributed by atoms with Crippen LogP contribution in [0.5, 0.6) is 0 Å². The van der Waals surface area contributed by atoms with Crippen LogP contribution in [0, 0.1) is 0 Å². The summed E-state index contributed by atoms with van der Waals surface area (Å²) in [6.07, 6.45) is 0.343. The maximum Gasteiger partial charge on any atom is 0.326 e. The lowest BCUT2D eigenvalue weighted by molar-refractivity contribution is -0.141. The second kappa shape index (κ2) is 5.40. The van der Waals surface area contributed by atoms with Gasteiger partial charge in [0.2, 0.25) is 5.13 Å². The normalized spacial score (nSPS) is 11.9. The number of hydrogen-bond donors (Lipinski definition) is 2. The highest BCUT2D eigenvalue weighted by molar-refractivity contribution is 7.13. The van der Waals surface area contributed by atoms with Gasteiger partial charge in [0.1, 0.15) is 11.6 Å². The predicted molar refractivity (Wildman–Crippen MR) is 58.4 cm³/mol. The van der Waals surface area contributed by atoms with E-state index in [1.807, 2.05) is 0 Å². The number of aliphatic carboxylic acids is 1. The van der Waals surface area contributed by atoms with Gasteiger partial charge in [-0.15, -0.1) is 10.2 Å². The average Bonchev–Trinajstić information content (AvgIpc) is 2.70. The third kappa shape index (κ3) is 2.89. The number of aromatic nitrogens is 2. The van der Waals surface area contributed by atoms with Crippen LogP contribution in [0.1, 0.15) is 13.3 Å². The first-order valence-electron chi connectivity index (χ1n) is 4.59. The molecule has 2 N–H and O–H groups in total. The van der Waals surface area contributed by atoms with E-state index in [2.05, 4.69) is 15.5 Å². The zero-order valence-corrected chi connectivity index (χ0v) is 9.69. The molecule has 0 aromatic carbocycles. The molecule has 0 fully saturated rings. The van der Waals surface area contributed by atoms with Gasteiger partial charge in [-0.2, -0.15) is 0 Å². The van der Waals surface area contributed by atoms with Crippen LogP contribution < -0.4 is 5.32 Å². The minimum absolute atomic E-state index is 0.343. The van der Waals surface area contributed by atoms with Crippen LogP contribution in [0.4, 0.5) is 9.93 Å². The van der Waals surface area contributed by atoms with Crippen molar-refractivity contribution in [3.8, 4) is 0 Å². The van der Waals surface area contributed by atoms with Crippen molar-refractivity contribution < 1.29 is 14.7 Å². The van der Waals surface area contributed by atoms with Crippen LogP contribution in [-0.4, -0.2) is 45.3 Å². The van der Waals surface area contributed by atoms with Crippen LogP contribution in [0.15, 0.2) is 5.51 Å². The Balaban J connectivity index is 2.62. The van der Waals surface area contributed by atoms with Crippen molar-refractivity contribution in [2.24, 2.45) is 0 Å². The number of urea groups is 1. The molecular formula is C8H12N4O3S. The molecule has 88 valence electrons. The SMILES string of the molecule is CCC(C(=O)O)N(C)C(=O)Nc1nncs1. The fourth-order valence-electron chi connectivity index (χ4n) is 1.16. The minimum atomic E-state index is -1.03. The van der Waals surface area contributed by atoms with E-state index in [0.29, 0.717) is 11.6 Å². The molecule has 1 unspecified atom stereocenters. The molecule has 0 spiro atoms. The fourth-order valence-corrected chi connectivity index (χ4v) is 1.60. The van der Waals surface area contributed by atoms with Gasteiger partial charge in [-0.1, -0.05) is 18.3 Å². The Kier molecular flexibility index (Phi) is 4.18. The predicted octanol–water partition coefficient (Wildman–Crippen LogP) is 0.865. The van der Waals surface area contributed by atoms with E-state index in [4.69, 9.17) is 5.11 Å². The first kappa shape index (κ1) is 12.4. The third-order valence-corrected chi connectivity index (χ3v) is 2.64. The van der Waals surface area contributed by atoms with Crippen molar-refractivity contribution in [2.75, 3.05) is 12.4 Å². The Bertz CT molecular complexity index is 367. The van der Waals surface area contributed by atoms with Crippen LogP contribution in [0.25, 0.3) is 0 Å². The minimum Gasteiger partial charge on any atom is -0.480 e.